The summed E-state index contributed by atoms with van der Waals surface area (Å²) in [6.45, 7) is 3.13. The first-order chi connectivity index (χ1) is 10.6. The third kappa shape index (κ3) is 4.21. The SMILES string of the molecule is CCCCN(C)c1ccc(NC(=O)c2ccccc2Cl)cn1. The Hall–Kier alpha value is -2.07. The minimum Gasteiger partial charge on any atom is -0.360 e. The third-order valence-electron chi connectivity index (χ3n) is 3.36. The molecule has 1 N–H and O–H groups in total. The normalized spacial score (nSPS) is 10.3. The summed E-state index contributed by atoms with van der Waals surface area (Å²) in [5, 5.41) is 3.24. The van der Waals surface area contributed by atoms with Gasteiger partial charge in [0.05, 0.1) is 22.5 Å². The maximum atomic E-state index is 12.2. The number of carbonyl (C=O) groups is 1. The van der Waals surface area contributed by atoms with Crippen molar-refractivity contribution in [1.29, 1.82) is 0 Å². The molecular formula is C17H20ClN3O. The van der Waals surface area contributed by atoms with Gasteiger partial charge in [0.25, 0.3) is 5.91 Å². The van der Waals surface area contributed by atoms with E-state index in [0.29, 0.717) is 16.3 Å². The van der Waals surface area contributed by atoms with Crippen LogP contribution in [0.25, 0.3) is 0 Å². The molecule has 2 rings (SSSR count). The van der Waals surface area contributed by atoms with Crippen LogP contribution in [0.15, 0.2) is 42.6 Å². The maximum absolute atomic E-state index is 12.2. The lowest BCUT2D eigenvalue weighted by Crippen LogP contribution is -2.19. The summed E-state index contributed by atoms with van der Waals surface area (Å²) in [5.41, 5.74) is 1.10. The van der Waals surface area contributed by atoms with E-state index in [1.54, 1.807) is 30.5 Å². The van der Waals surface area contributed by atoms with E-state index in [-0.39, 0.29) is 5.91 Å². The second-order valence-electron chi connectivity index (χ2n) is 5.11. The van der Waals surface area contributed by atoms with Gasteiger partial charge in [0.15, 0.2) is 0 Å². The molecular weight excluding hydrogens is 298 g/mol. The molecule has 0 spiro atoms. The van der Waals surface area contributed by atoms with E-state index in [0.717, 1.165) is 25.2 Å². The number of anilines is 2. The molecule has 1 aromatic carbocycles. The van der Waals surface area contributed by atoms with Crippen molar-refractivity contribution in [2.24, 2.45) is 0 Å². The highest BCUT2D eigenvalue weighted by molar-refractivity contribution is 6.34. The zero-order chi connectivity index (χ0) is 15.9. The van der Waals surface area contributed by atoms with Crippen LogP contribution in [0.4, 0.5) is 11.5 Å². The van der Waals surface area contributed by atoms with Gasteiger partial charge in [-0.15, -0.1) is 0 Å². The van der Waals surface area contributed by atoms with E-state index in [4.69, 9.17) is 11.6 Å². The topological polar surface area (TPSA) is 45.2 Å². The Labute approximate surface area is 136 Å². The van der Waals surface area contributed by atoms with Crippen LogP contribution in [0.3, 0.4) is 0 Å². The van der Waals surface area contributed by atoms with Crippen molar-refractivity contribution < 1.29 is 4.79 Å². The fourth-order valence-corrected chi connectivity index (χ4v) is 2.26. The molecule has 0 atom stereocenters. The largest absolute Gasteiger partial charge is 0.360 e. The molecule has 5 heteroatoms. The van der Waals surface area contributed by atoms with E-state index in [1.807, 2.05) is 19.2 Å². The Morgan fingerprint density at radius 1 is 1.27 bits per heavy atom. The fraction of sp³-hybridized carbons (Fsp3) is 0.294. The highest BCUT2D eigenvalue weighted by Crippen LogP contribution is 2.18. The van der Waals surface area contributed by atoms with Gasteiger partial charge in [-0.2, -0.15) is 0 Å². The number of unbranched alkanes of at least 4 members (excludes halogenated alkanes) is 1. The lowest BCUT2D eigenvalue weighted by atomic mass is 10.2. The Balaban J connectivity index is 2.02. The van der Waals surface area contributed by atoms with Crippen molar-refractivity contribution in [3.05, 3.63) is 53.2 Å². The molecule has 4 nitrogen and oxygen atoms in total. The van der Waals surface area contributed by atoms with Crippen LogP contribution < -0.4 is 10.2 Å². The van der Waals surface area contributed by atoms with E-state index < -0.39 is 0 Å². The summed E-state index contributed by atoms with van der Waals surface area (Å²) < 4.78 is 0. The molecule has 0 saturated heterocycles. The Morgan fingerprint density at radius 3 is 2.68 bits per heavy atom. The minimum absolute atomic E-state index is 0.237. The van der Waals surface area contributed by atoms with Crippen LogP contribution in [0.2, 0.25) is 5.02 Å². The molecule has 0 aliphatic carbocycles. The van der Waals surface area contributed by atoms with Gasteiger partial charge >= 0.3 is 0 Å². The van der Waals surface area contributed by atoms with Gasteiger partial charge in [-0.25, -0.2) is 4.98 Å². The summed E-state index contributed by atoms with van der Waals surface area (Å²) >= 11 is 6.02. The monoisotopic (exact) mass is 317 g/mol. The second-order valence-corrected chi connectivity index (χ2v) is 5.52. The average Bonchev–Trinajstić information content (AvgIpc) is 2.53. The number of carbonyl (C=O) groups excluding carboxylic acids is 1. The molecule has 0 radical (unpaired) electrons. The van der Waals surface area contributed by atoms with E-state index in [9.17, 15) is 4.79 Å². The van der Waals surface area contributed by atoms with Gasteiger partial charge in [-0.05, 0) is 30.7 Å². The van der Waals surface area contributed by atoms with Crippen LogP contribution in [0.5, 0.6) is 0 Å². The number of nitrogens with one attached hydrogen (secondary N) is 1. The smallest absolute Gasteiger partial charge is 0.257 e. The first kappa shape index (κ1) is 16.3. The predicted octanol–water partition coefficient (Wildman–Crippen LogP) is 4.22. The Bertz CT molecular complexity index is 628. The van der Waals surface area contributed by atoms with Crippen molar-refractivity contribution >= 4 is 29.0 Å². The van der Waals surface area contributed by atoms with Crippen molar-refractivity contribution in [2.45, 2.75) is 19.8 Å². The third-order valence-corrected chi connectivity index (χ3v) is 3.69. The van der Waals surface area contributed by atoms with Crippen molar-refractivity contribution in [1.82, 2.24) is 4.98 Å². The predicted molar refractivity (Wildman–Crippen MR) is 91.8 cm³/mol. The van der Waals surface area contributed by atoms with Gasteiger partial charge in [-0.3, -0.25) is 4.79 Å². The summed E-state index contributed by atoms with van der Waals surface area (Å²) in [6.07, 6.45) is 3.94. The highest BCUT2D eigenvalue weighted by atomic mass is 35.5. The van der Waals surface area contributed by atoms with Gasteiger partial charge < -0.3 is 10.2 Å². The molecule has 0 bridgehead atoms. The van der Waals surface area contributed by atoms with Crippen LogP contribution in [-0.2, 0) is 0 Å². The number of hydrogen-bond donors (Lipinski definition) is 1. The summed E-state index contributed by atoms with van der Waals surface area (Å²) in [7, 11) is 2.01. The number of aromatic nitrogens is 1. The molecule has 0 aliphatic rings. The fourth-order valence-electron chi connectivity index (χ4n) is 2.04. The molecule has 0 saturated carbocycles. The summed E-state index contributed by atoms with van der Waals surface area (Å²) in [4.78, 5) is 18.6. The number of nitrogens with zero attached hydrogens (tertiary/aromatic N) is 2. The number of rotatable bonds is 6. The standard InChI is InChI=1S/C17H20ClN3O/c1-3-4-11-21(2)16-10-9-13(12-19-16)20-17(22)14-7-5-6-8-15(14)18/h5-10,12H,3-4,11H2,1-2H3,(H,20,22). The van der Waals surface area contributed by atoms with E-state index in [1.165, 1.54) is 0 Å². The molecule has 0 aliphatic heterocycles. The quantitative estimate of drug-likeness (QED) is 0.867. The number of amides is 1. The molecule has 1 aromatic heterocycles. The zero-order valence-corrected chi connectivity index (χ0v) is 13.6. The van der Waals surface area contributed by atoms with Crippen LogP contribution in [0, 0.1) is 0 Å². The van der Waals surface area contributed by atoms with E-state index >= 15 is 0 Å². The van der Waals surface area contributed by atoms with Gasteiger partial charge in [0, 0.05) is 13.6 Å². The molecule has 1 heterocycles. The van der Waals surface area contributed by atoms with Crippen molar-refractivity contribution in [3.63, 3.8) is 0 Å². The molecule has 0 unspecified atom stereocenters. The maximum Gasteiger partial charge on any atom is 0.257 e. The molecule has 22 heavy (non-hydrogen) atoms. The summed E-state index contributed by atoms with van der Waals surface area (Å²) in [5.74, 6) is 0.656. The number of hydrogen-bond acceptors (Lipinski definition) is 3. The first-order valence-electron chi connectivity index (χ1n) is 7.35. The number of pyridine rings is 1. The van der Waals surface area contributed by atoms with E-state index in [2.05, 4.69) is 22.1 Å². The van der Waals surface area contributed by atoms with Gasteiger partial charge in [0.2, 0.25) is 0 Å². The average molecular weight is 318 g/mol. The molecule has 116 valence electrons. The van der Waals surface area contributed by atoms with Crippen LogP contribution in [-0.4, -0.2) is 24.5 Å². The van der Waals surface area contributed by atoms with Gasteiger partial charge in [-0.1, -0.05) is 37.1 Å². The second kappa shape index (κ2) is 7.80. The Kier molecular flexibility index (Phi) is 5.78. The van der Waals surface area contributed by atoms with Crippen molar-refractivity contribution in [2.75, 3.05) is 23.8 Å². The van der Waals surface area contributed by atoms with Crippen molar-refractivity contribution in [3.8, 4) is 0 Å². The first-order valence-corrected chi connectivity index (χ1v) is 7.72. The lowest BCUT2D eigenvalue weighted by Gasteiger charge is -2.17. The minimum atomic E-state index is -0.237. The van der Waals surface area contributed by atoms with Gasteiger partial charge in [0.1, 0.15) is 5.82 Å². The lowest BCUT2D eigenvalue weighted by molar-refractivity contribution is 0.102. The van der Waals surface area contributed by atoms with Crippen LogP contribution >= 0.6 is 11.6 Å². The zero-order valence-electron chi connectivity index (χ0n) is 12.8. The Morgan fingerprint density at radius 2 is 2.05 bits per heavy atom. The summed E-state index contributed by atoms with van der Waals surface area (Å²) in [6, 6.07) is 10.7. The highest BCUT2D eigenvalue weighted by Gasteiger charge is 2.10. The number of benzene rings is 1. The molecule has 2 aromatic rings. The molecule has 1 amide bonds. The van der Waals surface area contributed by atoms with Crippen LogP contribution in [0.1, 0.15) is 30.1 Å². The number of halogens is 1. The molecule has 0 fully saturated rings.